The van der Waals surface area contributed by atoms with Gasteiger partial charge in [-0.3, -0.25) is 0 Å². The quantitative estimate of drug-likeness (QED) is 0.573. The zero-order valence-corrected chi connectivity index (χ0v) is 12.6. The van der Waals surface area contributed by atoms with Crippen LogP contribution in [0.15, 0.2) is 11.6 Å². The molecular formula is C18H28O. The van der Waals surface area contributed by atoms with Crippen LogP contribution < -0.4 is 0 Å². The largest absolute Gasteiger partial charge is 0.375 e. The Bertz CT molecular complexity index is 412. The van der Waals surface area contributed by atoms with Gasteiger partial charge in [0, 0.05) is 6.61 Å². The molecule has 0 radical (unpaired) electrons. The monoisotopic (exact) mass is 260 g/mol. The molecule has 0 N–H and O–H groups in total. The molecule has 3 aliphatic carbocycles. The molecule has 1 heterocycles. The first-order chi connectivity index (χ1) is 9.13. The van der Waals surface area contributed by atoms with Crippen LogP contribution in [-0.4, -0.2) is 12.2 Å². The third-order valence-corrected chi connectivity index (χ3v) is 7.22. The minimum Gasteiger partial charge on any atom is -0.375 e. The van der Waals surface area contributed by atoms with Crippen LogP contribution in [0.25, 0.3) is 0 Å². The molecule has 1 aliphatic heterocycles. The highest BCUT2D eigenvalue weighted by molar-refractivity contribution is 5.23. The summed E-state index contributed by atoms with van der Waals surface area (Å²) in [5.41, 5.74) is 2.60. The van der Waals surface area contributed by atoms with Crippen molar-refractivity contribution in [2.24, 2.45) is 23.2 Å². The lowest BCUT2D eigenvalue weighted by Gasteiger charge is -2.56. The van der Waals surface area contributed by atoms with E-state index < -0.39 is 0 Å². The molecule has 0 amide bonds. The van der Waals surface area contributed by atoms with Gasteiger partial charge in [0.05, 0.1) is 5.60 Å². The summed E-state index contributed by atoms with van der Waals surface area (Å²) in [5.74, 6) is 2.75. The lowest BCUT2D eigenvalue weighted by molar-refractivity contribution is -0.0944. The van der Waals surface area contributed by atoms with E-state index in [-0.39, 0.29) is 5.60 Å². The maximum atomic E-state index is 6.15. The molecule has 1 saturated heterocycles. The Kier molecular flexibility index (Phi) is 2.68. The maximum Gasteiger partial charge on any atom is 0.0686 e. The van der Waals surface area contributed by atoms with Crippen molar-refractivity contribution in [3.05, 3.63) is 11.6 Å². The molecule has 3 fully saturated rings. The number of ether oxygens (including phenoxy) is 1. The highest BCUT2D eigenvalue weighted by atomic mass is 16.5. The molecule has 0 aromatic heterocycles. The topological polar surface area (TPSA) is 9.23 Å². The van der Waals surface area contributed by atoms with E-state index in [9.17, 15) is 0 Å². The number of hydrogen-bond donors (Lipinski definition) is 0. The molecule has 1 heteroatoms. The molecule has 106 valence electrons. The minimum absolute atomic E-state index is 0.230. The van der Waals surface area contributed by atoms with E-state index in [1.54, 1.807) is 0 Å². The second kappa shape index (κ2) is 4.10. The molecule has 0 aromatic rings. The molecule has 4 rings (SSSR count). The first-order valence-electron chi connectivity index (χ1n) is 8.47. The van der Waals surface area contributed by atoms with Crippen LogP contribution in [0.5, 0.6) is 0 Å². The summed E-state index contributed by atoms with van der Waals surface area (Å²) < 4.78 is 6.15. The average Bonchev–Trinajstić information content (AvgIpc) is 2.79. The smallest absolute Gasteiger partial charge is 0.0686 e. The molecule has 19 heavy (non-hydrogen) atoms. The third-order valence-electron chi connectivity index (χ3n) is 7.22. The van der Waals surface area contributed by atoms with Crippen molar-refractivity contribution in [2.45, 2.75) is 70.8 Å². The zero-order chi connectivity index (χ0) is 13.1. The van der Waals surface area contributed by atoms with Crippen LogP contribution in [-0.2, 0) is 4.74 Å². The summed E-state index contributed by atoms with van der Waals surface area (Å²) in [7, 11) is 0. The van der Waals surface area contributed by atoms with E-state index >= 15 is 0 Å². The fraction of sp³-hybridized carbons (Fsp3) is 0.889. The second-order valence-electron chi connectivity index (χ2n) is 7.94. The molecule has 0 unspecified atom stereocenters. The SMILES string of the molecule is C[C@]12CCCC=C1CC[C@@H]1[C@H]2CC[C@]2(C)OCC[C@@H]12. The summed E-state index contributed by atoms with van der Waals surface area (Å²) in [6.07, 6.45) is 13.7. The summed E-state index contributed by atoms with van der Waals surface area (Å²) in [4.78, 5) is 0. The fourth-order valence-corrected chi connectivity index (χ4v) is 6.16. The zero-order valence-electron chi connectivity index (χ0n) is 12.6. The highest BCUT2D eigenvalue weighted by Gasteiger charge is 2.56. The summed E-state index contributed by atoms with van der Waals surface area (Å²) >= 11 is 0. The average molecular weight is 260 g/mol. The van der Waals surface area contributed by atoms with Crippen LogP contribution in [0.1, 0.15) is 65.2 Å². The molecule has 0 aromatic carbocycles. The Morgan fingerprint density at radius 3 is 2.89 bits per heavy atom. The summed E-state index contributed by atoms with van der Waals surface area (Å²) in [6, 6.07) is 0. The van der Waals surface area contributed by atoms with E-state index in [1.165, 1.54) is 51.4 Å². The Morgan fingerprint density at radius 2 is 2.00 bits per heavy atom. The van der Waals surface area contributed by atoms with Gasteiger partial charge in [-0.25, -0.2) is 0 Å². The predicted octanol–water partition coefficient (Wildman–Crippen LogP) is 4.72. The van der Waals surface area contributed by atoms with Crippen molar-refractivity contribution in [2.75, 3.05) is 6.61 Å². The predicted molar refractivity (Wildman–Crippen MR) is 78.0 cm³/mol. The Labute approximate surface area is 117 Å². The first-order valence-corrected chi connectivity index (χ1v) is 8.47. The molecule has 0 spiro atoms. The number of allylic oxidation sites excluding steroid dienone is 2. The lowest BCUT2D eigenvalue weighted by Crippen LogP contribution is -2.51. The van der Waals surface area contributed by atoms with Crippen molar-refractivity contribution in [3.8, 4) is 0 Å². The van der Waals surface area contributed by atoms with Crippen LogP contribution >= 0.6 is 0 Å². The van der Waals surface area contributed by atoms with Crippen LogP contribution in [0.4, 0.5) is 0 Å². The minimum atomic E-state index is 0.230. The van der Waals surface area contributed by atoms with Gasteiger partial charge in [0.1, 0.15) is 0 Å². The second-order valence-corrected chi connectivity index (χ2v) is 7.94. The van der Waals surface area contributed by atoms with E-state index in [0.717, 1.165) is 24.4 Å². The number of rotatable bonds is 0. The van der Waals surface area contributed by atoms with Gasteiger partial charge in [0.2, 0.25) is 0 Å². The highest BCUT2D eigenvalue weighted by Crippen LogP contribution is 2.62. The molecular weight excluding hydrogens is 232 g/mol. The van der Waals surface area contributed by atoms with Crippen molar-refractivity contribution in [1.29, 1.82) is 0 Å². The Hall–Kier alpha value is -0.300. The van der Waals surface area contributed by atoms with Crippen molar-refractivity contribution < 1.29 is 4.74 Å². The van der Waals surface area contributed by atoms with E-state index in [1.807, 2.05) is 5.57 Å². The molecule has 1 nitrogen and oxygen atoms in total. The van der Waals surface area contributed by atoms with Crippen molar-refractivity contribution in [1.82, 2.24) is 0 Å². The Morgan fingerprint density at radius 1 is 1.11 bits per heavy atom. The maximum absolute atomic E-state index is 6.15. The Balaban J connectivity index is 1.69. The fourth-order valence-electron chi connectivity index (χ4n) is 6.16. The van der Waals surface area contributed by atoms with Crippen molar-refractivity contribution in [3.63, 3.8) is 0 Å². The van der Waals surface area contributed by atoms with E-state index in [2.05, 4.69) is 19.9 Å². The van der Waals surface area contributed by atoms with Gasteiger partial charge >= 0.3 is 0 Å². The third kappa shape index (κ3) is 1.63. The molecule has 4 aliphatic rings. The van der Waals surface area contributed by atoms with Gasteiger partial charge in [0.15, 0.2) is 0 Å². The van der Waals surface area contributed by atoms with E-state index in [0.29, 0.717) is 5.41 Å². The van der Waals surface area contributed by atoms with E-state index in [4.69, 9.17) is 4.74 Å². The number of fused-ring (bicyclic) bond motifs is 5. The van der Waals surface area contributed by atoms with Crippen molar-refractivity contribution >= 4 is 0 Å². The summed E-state index contributed by atoms with van der Waals surface area (Å²) in [6.45, 7) is 6.01. The van der Waals surface area contributed by atoms with Crippen LogP contribution in [0, 0.1) is 23.2 Å². The van der Waals surface area contributed by atoms with Crippen LogP contribution in [0.3, 0.4) is 0 Å². The van der Waals surface area contributed by atoms with Crippen LogP contribution in [0.2, 0.25) is 0 Å². The van der Waals surface area contributed by atoms with Gasteiger partial charge in [0.25, 0.3) is 0 Å². The summed E-state index contributed by atoms with van der Waals surface area (Å²) in [5, 5.41) is 0. The molecule has 2 saturated carbocycles. The lowest BCUT2D eigenvalue weighted by atomic mass is 9.49. The van der Waals surface area contributed by atoms with Gasteiger partial charge in [-0.15, -0.1) is 0 Å². The molecule has 0 bridgehead atoms. The van der Waals surface area contributed by atoms with Gasteiger partial charge in [-0.2, -0.15) is 0 Å². The van der Waals surface area contributed by atoms with Gasteiger partial charge in [-0.05, 0) is 81.5 Å². The first kappa shape index (κ1) is 12.4. The number of hydrogen-bond acceptors (Lipinski definition) is 1. The van der Waals surface area contributed by atoms with Gasteiger partial charge < -0.3 is 4.74 Å². The normalized spacial score (nSPS) is 52.9. The molecule has 5 atom stereocenters. The van der Waals surface area contributed by atoms with Gasteiger partial charge in [-0.1, -0.05) is 18.6 Å². The standard InChI is InChI=1S/C18H28O/c1-17-10-4-3-5-13(17)6-7-14-15(17)8-11-18(2)16(14)9-12-19-18/h5,14-16H,3-4,6-12H2,1-2H3/t14-,15-,16+,17+,18+/m1/s1.